The van der Waals surface area contributed by atoms with Gasteiger partial charge in [0.15, 0.2) is 0 Å². The summed E-state index contributed by atoms with van der Waals surface area (Å²) in [4.78, 5) is 25.2. The minimum atomic E-state index is -4.59. The van der Waals surface area contributed by atoms with Crippen LogP contribution in [0, 0.1) is 0 Å². The molecule has 0 amide bonds. The summed E-state index contributed by atoms with van der Waals surface area (Å²) in [7, 11) is 0. The van der Waals surface area contributed by atoms with Crippen LogP contribution in [-0.2, 0) is 20.5 Å². The van der Waals surface area contributed by atoms with Gasteiger partial charge in [0.2, 0.25) is 6.10 Å². The van der Waals surface area contributed by atoms with Crippen molar-refractivity contribution in [3.05, 3.63) is 125 Å². The van der Waals surface area contributed by atoms with Gasteiger partial charge in [-0.1, -0.05) is 97.5 Å². The molecule has 2 rings (SSSR count). The number of hydrogen-bond acceptors (Lipinski definition) is 4. The maximum Gasteiger partial charge on any atom is 0.416 e. The molecule has 4 nitrogen and oxygen atoms in total. The zero-order valence-electron chi connectivity index (χ0n) is 24.3. The van der Waals surface area contributed by atoms with Crippen LogP contribution in [0.2, 0.25) is 5.02 Å². The second kappa shape index (κ2) is 20.1. The van der Waals surface area contributed by atoms with Gasteiger partial charge in [-0.25, -0.2) is 4.79 Å². The number of rotatable bonds is 17. The van der Waals surface area contributed by atoms with Crippen LogP contribution in [0.1, 0.15) is 75.5 Å². The molecule has 0 bridgehead atoms. The number of halogens is 4. The van der Waals surface area contributed by atoms with Crippen LogP contribution in [0.4, 0.5) is 13.2 Å². The lowest BCUT2D eigenvalue weighted by Crippen LogP contribution is -2.24. The molecular formula is C35H38ClF3O4. The smallest absolute Gasteiger partial charge is 0.416 e. The number of esters is 2. The van der Waals surface area contributed by atoms with Crippen molar-refractivity contribution in [1.82, 2.24) is 0 Å². The number of alkyl halides is 3. The standard InChI is InChI=1S/C35H38ClF3O4/c1-2-3-4-5-6-7-8-9-10-11-12-13-14-15-16-17-18-22-32(40)43-34(41)33(28-23-25-30(36)26-24-28)42-31-21-19-20-29(27-31)35(37,38)39/h3-4,6-7,9-10,12-13,15-16,19-21,23-27,33H,2,5,8,11,14,17-18,22H2,1H3/b4-3-,7-6-,10-9-,13-12-,16-15-/t33-/m1/s1. The molecule has 0 saturated carbocycles. The predicted molar refractivity (Wildman–Crippen MR) is 166 cm³/mol. The largest absolute Gasteiger partial charge is 0.474 e. The van der Waals surface area contributed by atoms with E-state index in [1.165, 1.54) is 36.4 Å². The van der Waals surface area contributed by atoms with E-state index < -0.39 is 29.8 Å². The lowest BCUT2D eigenvalue weighted by molar-refractivity contribution is -0.165. The van der Waals surface area contributed by atoms with Gasteiger partial charge in [0.25, 0.3) is 0 Å². The maximum absolute atomic E-state index is 13.1. The Labute approximate surface area is 257 Å². The Balaban J connectivity index is 1.76. The molecule has 0 spiro atoms. The zero-order chi connectivity index (χ0) is 31.3. The van der Waals surface area contributed by atoms with Crippen LogP contribution < -0.4 is 4.74 Å². The third-order valence-electron chi connectivity index (χ3n) is 5.93. The van der Waals surface area contributed by atoms with Gasteiger partial charge >= 0.3 is 18.1 Å². The van der Waals surface area contributed by atoms with Crippen LogP contribution in [0.5, 0.6) is 5.75 Å². The molecule has 2 aromatic carbocycles. The Hall–Kier alpha value is -3.84. The first kappa shape index (κ1) is 35.4. The highest BCUT2D eigenvalue weighted by Crippen LogP contribution is 2.33. The summed E-state index contributed by atoms with van der Waals surface area (Å²) in [5, 5.41) is 0.390. The molecular weight excluding hydrogens is 577 g/mol. The van der Waals surface area contributed by atoms with Crippen molar-refractivity contribution in [3.63, 3.8) is 0 Å². The molecule has 230 valence electrons. The Kier molecular flexibility index (Phi) is 16.6. The van der Waals surface area contributed by atoms with Gasteiger partial charge < -0.3 is 9.47 Å². The van der Waals surface area contributed by atoms with E-state index in [2.05, 4.69) is 55.5 Å². The summed E-state index contributed by atoms with van der Waals surface area (Å²) >= 11 is 5.92. The van der Waals surface area contributed by atoms with Gasteiger partial charge in [-0.2, -0.15) is 13.2 Å². The van der Waals surface area contributed by atoms with Crippen LogP contribution in [0.15, 0.2) is 109 Å². The number of allylic oxidation sites excluding steroid dienone is 10. The van der Waals surface area contributed by atoms with Crippen molar-refractivity contribution in [2.24, 2.45) is 0 Å². The highest BCUT2D eigenvalue weighted by Gasteiger charge is 2.32. The molecule has 43 heavy (non-hydrogen) atoms. The van der Waals surface area contributed by atoms with Crippen molar-refractivity contribution in [3.8, 4) is 5.75 Å². The molecule has 0 fully saturated rings. The van der Waals surface area contributed by atoms with E-state index in [1.54, 1.807) is 0 Å². The molecule has 1 atom stereocenters. The molecule has 0 aromatic heterocycles. The second-order valence-corrected chi connectivity index (χ2v) is 9.90. The van der Waals surface area contributed by atoms with Crippen molar-refractivity contribution < 1.29 is 32.2 Å². The minimum Gasteiger partial charge on any atom is -0.474 e. The number of unbranched alkanes of at least 4 members (excludes halogenated alkanes) is 1. The van der Waals surface area contributed by atoms with Gasteiger partial charge in [-0.3, -0.25) is 4.79 Å². The average Bonchev–Trinajstić information content (AvgIpc) is 2.97. The van der Waals surface area contributed by atoms with E-state index in [0.717, 1.165) is 44.2 Å². The molecule has 8 heteroatoms. The summed E-state index contributed by atoms with van der Waals surface area (Å²) < 4.78 is 50.0. The Bertz CT molecular complexity index is 1270. The number of carbonyl (C=O) groups excluding carboxylic acids is 2. The van der Waals surface area contributed by atoms with E-state index >= 15 is 0 Å². The van der Waals surface area contributed by atoms with Crippen molar-refractivity contribution >= 4 is 23.5 Å². The second-order valence-electron chi connectivity index (χ2n) is 9.47. The molecule has 0 saturated heterocycles. The molecule has 0 radical (unpaired) electrons. The monoisotopic (exact) mass is 614 g/mol. The summed E-state index contributed by atoms with van der Waals surface area (Å²) in [6.07, 6.45) is 20.7. The van der Waals surface area contributed by atoms with Crippen LogP contribution in [-0.4, -0.2) is 11.9 Å². The van der Waals surface area contributed by atoms with Gasteiger partial charge in [0.1, 0.15) is 5.75 Å². The summed E-state index contributed by atoms with van der Waals surface area (Å²) in [6.45, 7) is 2.12. The first-order valence-electron chi connectivity index (χ1n) is 14.3. The molecule has 0 aliphatic rings. The fraction of sp³-hybridized carbons (Fsp3) is 0.314. The van der Waals surface area contributed by atoms with E-state index in [-0.39, 0.29) is 17.7 Å². The van der Waals surface area contributed by atoms with Gasteiger partial charge in [0, 0.05) is 17.0 Å². The topological polar surface area (TPSA) is 52.6 Å². The quantitative estimate of drug-likeness (QED) is 0.0770. The van der Waals surface area contributed by atoms with Gasteiger partial charge in [-0.05, 0) is 75.3 Å². The Morgan fingerprint density at radius 2 is 1.37 bits per heavy atom. The fourth-order valence-corrected chi connectivity index (χ4v) is 3.85. The lowest BCUT2D eigenvalue weighted by Gasteiger charge is -2.19. The highest BCUT2D eigenvalue weighted by atomic mass is 35.5. The van der Waals surface area contributed by atoms with Crippen LogP contribution in [0.3, 0.4) is 0 Å². The van der Waals surface area contributed by atoms with Gasteiger partial charge in [-0.15, -0.1) is 0 Å². The first-order valence-corrected chi connectivity index (χ1v) is 14.7. The molecule has 0 N–H and O–H groups in total. The third-order valence-corrected chi connectivity index (χ3v) is 6.18. The Morgan fingerprint density at radius 3 is 1.93 bits per heavy atom. The molecule has 0 aliphatic carbocycles. The predicted octanol–water partition coefficient (Wildman–Crippen LogP) is 10.5. The average molecular weight is 615 g/mol. The molecule has 0 heterocycles. The summed E-state index contributed by atoms with van der Waals surface area (Å²) in [5.41, 5.74) is -0.655. The normalized spacial score (nSPS) is 13.1. The minimum absolute atomic E-state index is 0.00303. The van der Waals surface area contributed by atoms with Crippen molar-refractivity contribution in [1.29, 1.82) is 0 Å². The molecule has 0 aliphatic heterocycles. The van der Waals surface area contributed by atoms with Crippen LogP contribution in [0.25, 0.3) is 0 Å². The van der Waals surface area contributed by atoms with E-state index in [1.807, 2.05) is 12.2 Å². The zero-order valence-corrected chi connectivity index (χ0v) is 25.0. The third kappa shape index (κ3) is 15.3. The molecule has 2 aromatic rings. The van der Waals surface area contributed by atoms with E-state index in [0.29, 0.717) is 17.9 Å². The van der Waals surface area contributed by atoms with Gasteiger partial charge in [0.05, 0.1) is 5.56 Å². The fourth-order valence-electron chi connectivity index (χ4n) is 3.72. The number of ether oxygens (including phenoxy) is 2. The number of benzene rings is 2. The highest BCUT2D eigenvalue weighted by molar-refractivity contribution is 6.30. The van der Waals surface area contributed by atoms with Crippen molar-refractivity contribution in [2.45, 2.75) is 70.6 Å². The number of hydrogen-bond donors (Lipinski definition) is 0. The Morgan fingerprint density at radius 1 is 0.814 bits per heavy atom. The summed E-state index contributed by atoms with van der Waals surface area (Å²) in [6, 6.07) is 10.1. The van der Waals surface area contributed by atoms with Crippen LogP contribution >= 0.6 is 11.6 Å². The maximum atomic E-state index is 13.1. The molecule has 0 unspecified atom stereocenters. The summed E-state index contributed by atoms with van der Waals surface area (Å²) in [5.74, 6) is -1.97. The van der Waals surface area contributed by atoms with E-state index in [9.17, 15) is 22.8 Å². The number of carbonyl (C=O) groups is 2. The first-order chi connectivity index (χ1) is 20.7. The van der Waals surface area contributed by atoms with E-state index in [4.69, 9.17) is 21.1 Å². The SMILES string of the molecule is CC/C=C\C/C=C\C/C=C\C/C=C\C/C=C\CCCC(=O)OC(=O)[C@H](Oc1cccc(C(F)(F)F)c1)c1ccc(Cl)cc1. The van der Waals surface area contributed by atoms with Crippen molar-refractivity contribution in [2.75, 3.05) is 0 Å². The lowest BCUT2D eigenvalue weighted by atomic mass is 10.1.